The first kappa shape index (κ1) is 19.7. The van der Waals surface area contributed by atoms with Gasteiger partial charge in [0.15, 0.2) is 0 Å². The van der Waals surface area contributed by atoms with Crippen molar-refractivity contribution in [2.45, 2.75) is 38.3 Å². The maximum atomic E-state index is 9.55. The average molecular weight is 363 g/mol. The number of carboxylic acids is 2. The lowest BCUT2D eigenvalue weighted by atomic mass is 10.1. The maximum Gasteiger partial charge on any atom is 0.328 e. The van der Waals surface area contributed by atoms with Crippen LogP contribution in [0.4, 0.5) is 5.69 Å². The minimum atomic E-state index is -1.26. The van der Waals surface area contributed by atoms with Gasteiger partial charge in [-0.3, -0.25) is 4.98 Å². The van der Waals surface area contributed by atoms with Crippen molar-refractivity contribution in [1.82, 2.24) is 10.3 Å². The lowest BCUT2D eigenvalue weighted by molar-refractivity contribution is -0.134. The van der Waals surface area contributed by atoms with E-state index in [-0.39, 0.29) is 0 Å². The molecule has 3 rings (SSSR count). The first-order valence-electron chi connectivity index (χ1n) is 8.70. The highest BCUT2D eigenvalue weighted by Gasteiger charge is 2.29. The van der Waals surface area contributed by atoms with E-state index in [1.807, 2.05) is 13.1 Å². The zero-order valence-electron chi connectivity index (χ0n) is 14.8. The summed E-state index contributed by atoms with van der Waals surface area (Å²) in [4.78, 5) is 25.8. The van der Waals surface area contributed by atoms with Crippen LogP contribution in [0.25, 0.3) is 0 Å². The Bertz CT molecular complexity index is 633. The molecular weight excluding hydrogens is 338 g/mol. The summed E-state index contributed by atoms with van der Waals surface area (Å²) in [6.45, 7) is 4.90. The van der Waals surface area contributed by atoms with Gasteiger partial charge >= 0.3 is 11.9 Å². The highest BCUT2D eigenvalue weighted by molar-refractivity contribution is 5.89. The lowest BCUT2D eigenvalue weighted by Crippen LogP contribution is -2.35. The first-order chi connectivity index (χ1) is 12.5. The Balaban J connectivity index is 0.000000260. The number of aliphatic carboxylic acids is 2. The second-order valence-corrected chi connectivity index (χ2v) is 6.19. The Labute approximate surface area is 152 Å². The molecule has 2 fully saturated rings. The number of ether oxygens (including phenoxy) is 1. The van der Waals surface area contributed by atoms with Crippen molar-refractivity contribution in [3.05, 3.63) is 30.6 Å². The zero-order chi connectivity index (χ0) is 18.9. The molecule has 0 aromatic carbocycles. The summed E-state index contributed by atoms with van der Waals surface area (Å²) in [6, 6.07) is 3.48. The van der Waals surface area contributed by atoms with Gasteiger partial charge in [-0.2, -0.15) is 0 Å². The van der Waals surface area contributed by atoms with Crippen LogP contribution in [0.1, 0.15) is 26.2 Å². The fraction of sp³-hybridized carbons (Fsp3) is 0.500. The van der Waals surface area contributed by atoms with Gasteiger partial charge in [0.2, 0.25) is 0 Å². The number of carboxylic acid groups (broad SMARTS) is 2. The number of hydrogen-bond acceptors (Lipinski definition) is 6. The van der Waals surface area contributed by atoms with Crippen molar-refractivity contribution in [2.24, 2.45) is 0 Å². The predicted octanol–water partition coefficient (Wildman–Crippen LogP) is 1.52. The number of anilines is 1. The van der Waals surface area contributed by atoms with Crippen LogP contribution in [-0.2, 0) is 9.59 Å². The fourth-order valence-electron chi connectivity index (χ4n) is 3.15. The molecule has 142 valence electrons. The summed E-state index contributed by atoms with van der Waals surface area (Å²) in [5, 5.41) is 19.3. The number of hydrogen-bond donors (Lipinski definition) is 3. The normalized spacial score (nSPS) is 21.7. The molecule has 2 unspecified atom stereocenters. The van der Waals surface area contributed by atoms with E-state index in [4.69, 9.17) is 14.9 Å². The fourth-order valence-corrected chi connectivity index (χ4v) is 3.15. The number of pyridine rings is 1. The topological polar surface area (TPSA) is 112 Å². The van der Waals surface area contributed by atoms with Crippen LogP contribution in [0.3, 0.4) is 0 Å². The molecule has 2 aliphatic heterocycles. The van der Waals surface area contributed by atoms with E-state index in [0.717, 1.165) is 24.9 Å². The van der Waals surface area contributed by atoms with Gasteiger partial charge in [-0.25, -0.2) is 9.59 Å². The van der Waals surface area contributed by atoms with Gasteiger partial charge < -0.3 is 25.2 Å². The Morgan fingerprint density at radius 1 is 1.23 bits per heavy atom. The molecule has 0 aliphatic carbocycles. The van der Waals surface area contributed by atoms with E-state index in [2.05, 4.69) is 21.3 Å². The van der Waals surface area contributed by atoms with Gasteiger partial charge in [-0.1, -0.05) is 0 Å². The first-order valence-corrected chi connectivity index (χ1v) is 8.70. The van der Waals surface area contributed by atoms with Crippen molar-refractivity contribution in [1.29, 1.82) is 0 Å². The number of fused-ring (bicyclic) bond motifs is 2. The molecule has 0 radical (unpaired) electrons. The van der Waals surface area contributed by atoms with Crippen LogP contribution in [0.5, 0.6) is 5.75 Å². The summed E-state index contributed by atoms with van der Waals surface area (Å²) >= 11 is 0. The molecular formula is C18H25N3O5. The van der Waals surface area contributed by atoms with Crippen molar-refractivity contribution in [3.63, 3.8) is 0 Å². The monoisotopic (exact) mass is 363 g/mol. The van der Waals surface area contributed by atoms with E-state index in [1.54, 1.807) is 6.20 Å². The van der Waals surface area contributed by atoms with Crippen molar-refractivity contribution < 1.29 is 24.5 Å². The summed E-state index contributed by atoms with van der Waals surface area (Å²) in [7, 11) is 0. The molecule has 8 heteroatoms. The molecule has 1 aromatic rings. The molecule has 0 spiro atoms. The molecule has 1 aromatic heterocycles. The Kier molecular flexibility index (Phi) is 7.40. The predicted molar refractivity (Wildman–Crippen MR) is 96.6 cm³/mol. The van der Waals surface area contributed by atoms with Crippen LogP contribution >= 0.6 is 0 Å². The highest BCUT2D eigenvalue weighted by atomic mass is 16.5. The smallest absolute Gasteiger partial charge is 0.328 e. The molecule has 3 N–H and O–H groups in total. The van der Waals surface area contributed by atoms with E-state index >= 15 is 0 Å². The van der Waals surface area contributed by atoms with Gasteiger partial charge in [0.25, 0.3) is 0 Å². The summed E-state index contributed by atoms with van der Waals surface area (Å²) in [5.74, 6) is -1.64. The molecule has 2 atom stereocenters. The van der Waals surface area contributed by atoms with Gasteiger partial charge in [0.05, 0.1) is 24.7 Å². The third kappa shape index (κ3) is 6.36. The maximum absolute atomic E-state index is 9.55. The molecule has 8 nitrogen and oxygen atoms in total. The van der Waals surface area contributed by atoms with Crippen LogP contribution in [-0.4, -0.2) is 58.9 Å². The second-order valence-electron chi connectivity index (χ2n) is 6.19. The van der Waals surface area contributed by atoms with E-state index < -0.39 is 11.9 Å². The third-order valence-corrected chi connectivity index (χ3v) is 4.27. The van der Waals surface area contributed by atoms with Gasteiger partial charge in [-0.05, 0) is 26.2 Å². The van der Waals surface area contributed by atoms with Crippen LogP contribution in [0, 0.1) is 0 Å². The lowest BCUT2D eigenvalue weighted by Gasteiger charge is -2.26. The zero-order valence-corrected chi connectivity index (χ0v) is 14.8. The van der Waals surface area contributed by atoms with E-state index in [1.165, 1.54) is 24.9 Å². The van der Waals surface area contributed by atoms with E-state index in [0.29, 0.717) is 24.8 Å². The summed E-state index contributed by atoms with van der Waals surface area (Å²) in [5.41, 5.74) is 1.19. The molecule has 3 heterocycles. The van der Waals surface area contributed by atoms with Gasteiger partial charge in [-0.15, -0.1) is 0 Å². The molecule has 2 saturated heterocycles. The van der Waals surface area contributed by atoms with Gasteiger partial charge in [0, 0.05) is 43.4 Å². The highest BCUT2D eigenvalue weighted by Crippen LogP contribution is 2.26. The Morgan fingerprint density at radius 3 is 2.58 bits per heavy atom. The molecule has 0 saturated carbocycles. The Hall–Kier alpha value is -2.61. The minimum Gasteiger partial charge on any atom is -0.492 e. The van der Waals surface area contributed by atoms with Crippen molar-refractivity contribution in [2.75, 3.05) is 24.6 Å². The largest absolute Gasteiger partial charge is 0.492 e. The standard InChI is InChI=1S/C14H21N3O.C4H4O4/c1-2-18-14-7-13(8-15-9-14)17-6-5-11-3-4-12(10-17)16-11;5-3(6)1-2-4(7)8/h7-9,11-12,16H,2-6,10H2,1H3;1-2H,(H,5,6)(H,7,8)/b;2-1+. The SMILES string of the molecule is CCOc1cncc(N2CCC3CCC(C2)N3)c1.O=C(O)/C=C/C(=O)O. The van der Waals surface area contributed by atoms with Crippen LogP contribution in [0.2, 0.25) is 0 Å². The van der Waals surface area contributed by atoms with Crippen molar-refractivity contribution in [3.8, 4) is 5.75 Å². The quantitative estimate of drug-likeness (QED) is 0.675. The van der Waals surface area contributed by atoms with Gasteiger partial charge in [0.1, 0.15) is 5.75 Å². The molecule has 0 amide bonds. The summed E-state index contributed by atoms with van der Waals surface area (Å²) < 4.78 is 5.53. The van der Waals surface area contributed by atoms with Crippen LogP contribution < -0.4 is 15.0 Å². The number of nitrogens with zero attached hydrogens (tertiary/aromatic N) is 2. The second kappa shape index (κ2) is 9.76. The third-order valence-electron chi connectivity index (χ3n) is 4.27. The number of nitrogens with one attached hydrogen (secondary N) is 1. The molecule has 2 bridgehead atoms. The number of rotatable bonds is 5. The van der Waals surface area contributed by atoms with E-state index in [9.17, 15) is 9.59 Å². The molecule has 26 heavy (non-hydrogen) atoms. The Morgan fingerprint density at radius 2 is 1.92 bits per heavy atom. The molecule has 2 aliphatic rings. The van der Waals surface area contributed by atoms with Crippen LogP contribution in [0.15, 0.2) is 30.6 Å². The minimum absolute atomic E-state index is 0.558. The number of aromatic nitrogens is 1. The average Bonchev–Trinajstić information content (AvgIpc) is 2.93. The number of carbonyl (C=O) groups is 2. The summed E-state index contributed by atoms with van der Waals surface area (Å²) in [6.07, 6.45) is 8.73. The van der Waals surface area contributed by atoms with Crippen molar-refractivity contribution >= 4 is 17.6 Å².